The van der Waals surface area contributed by atoms with Gasteiger partial charge in [-0.3, -0.25) is 0 Å². The van der Waals surface area contributed by atoms with Crippen LogP contribution in [0.2, 0.25) is 0 Å². The quantitative estimate of drug-likeness (QED) is 0.0680. The van der Waals surface area contributed by atoms with Crippen molar-refractivity contribution in [2.45, 2.75) is 0 Å². The molecular weight excluding hydrogens is 603 g/mol. The highest BCUT2D eigenvalue weighted by Crippen LogP contribution is 2.49. The van der Waals surface area contributed by atoms with Gasteiger partial charge in [-0.2, -0.15) is 0 Å². The standard InChI is InChI=1S/C44H25BO4/c45-40-39(41(46)43(48)44(49)42(40)47)30-20-28(31-15-11-26-9-7-22-3-1-5-24-13-17-33(31)37(26)35(22)24)19-29(21-30)32-16-12-27-10-8-23-4-2-6-25-14-18-34(32)38(27)36(23)25/h1-21,46-49H. The van der Waals surface area contributed by atoms with Gasteiger partial charge in [0.1, 0.15) is 7.85 Å². The third kappa shape index (κ3) is 3.75. The van der Waals surface area contributed by atoms with Crippen LogP contribution in [0.25, 0.3) is 98.0 Å². The van der Waals surface area contributed by atoms with Crippen molar-refractivity contribution in [3.63, 3.8) is 0 Å². The fourth-order valence-electron chi connectivity index (χ4n) is 8.07. The van der Waals surface area contributed by atoms with Crippen LogP contribution in [0.4, 0.5) is 0 Å². The van der Waals surface area contributed by atoms with Gasteiger partial charge in [0, 0.05) is 5.56 Å². The van der Waals surface area contributed by atoms with Crippen LogP contribution < -0.4 is 5.46 Å². The average molecular weight is 628 g/mol. The number of phenolic OH excluding ortho intramolecular Hbond substituents is 4. The predicted octanol–water partition coefficient (Wildman–Crippen LogP) is 10.1. The van der Waals surface area contributed by atoms with Gasteiger partial charge in [0.15, 0.2) is 11.5 Å². The summed E-state index contributed by atoms with van der Waals surface area (Å²) in [6, 6.07) is 44.4. The second-order valence-electron chi connectivity index (χ2n) is 12.9. The number of rotatable bonds is 3. The maximum Gasteiger partial charge on any atom is 0.204 e. The topological polar surface area (TPSA) is 80.9 Å². The molecule has 0 aliphatic carbocycles. The lowest BCUT2D eigenvalue weighted by Crippen LogP contribution is -2.08. The Hall–Kier alpha value is -6.46. The molecule has 5 heteroatoms. The molecule has 0 heterocycles. The molecule has 10 rings (SSSR count). The van der Waals surface area contributed by atoms with E-state index in [1.54, 1.807) is 0 Å². The Balaban J connectivity index is 1.32. The molecule has 0 unspecified atom stereocenters. The van der Waals surface area contributed by atoms with Crippen LogP contribution >= 0.6 is 0 Å². The largest absolute Gasteiger partial charge is 0.505 e. The van der Waals surface area contributed by atoms with Crippen LogP contribution in [0.3, 0.4) is 0 Å². The number of hydrogen-bond donors (Lipinski definition) is 4. The van der Waals surface area contributed by atoms with Gasteiger partial charge in [0.25, 0.3) is 0 Å². The molecule has 4 nitrogen and oxygen atoms in total. The molecule has 228 valence electrons. The van der Waals surface area contributed by atoms with Crippen LogP contribution in [0.1, 0.15) is 0 Å². The number of benzene rings is 10. The van der Waals surface area contributed by atoms with E-state index in [-0.39, 0.29) is 11.0 Å². The highest BCUT2D eigenvalue weighted by molar-refractivity contribution is 6.39. The highest BCUT2D eigenvalue weighted by Gasteiger charge is 2.23. The van der Waals surface area contributed by atoms with Crippen LogP contribution in [-0.2, 0) is 0 Å². The minimum Gasteiger partial charge on any atom is -0.505 e. The van der Waals surface area contributed by atoms with Crippen molar-refractivity contribution < 1.29 is 20.4 Å². The third-order valence-electron chi connectivity index (χ3n) is 10.3. The molecule has 0 atom stereocenters. The minimum absolute atomic E-state index is 0.0336. The van der Waals surface area contributed by atoms with E-state index >= 15 is 0 Å². The van der Waals surface area contributed by atoms with Crippen LogP contribution in [-0.4, -0.2) is 28.3 Å². The molecule has 0 amide bonds. The van der Waals surface area contributed by atoms with E-state index < -0.39 is 23.0 Å². The van der Waals surface area contributed by atoms with Gasteiger partial charge in [-0.25, -0.2) is 0 Å². The Morgan fingerprint density at radius 2 is 0.714 bits per heavy atom. The summed E-state index contributed by atoms with van der Waals surface area (Å²) in [4.78, 5) is 0. The van der Waals surface area contributed by atoms with Gasteiger partial charge < -0.3 is 20.4 Å². The molecule has 2 radical (unpaired) electrons. The molecule has 0 spiro atoms. The third-order valence-corrected chi connectivity index (χ3v) is 10.3. The Bertz CT molecular complexity index is 2770. The maximum absolute atomic E-state index is 11.2. The fourth-order valence-corrected chi connectivity index (χ4v) is 8.07. The van der Waals surface area contributed by atoms with Crippen molar-refractivity contribution in [2.24, 2.45) is 0 Å². The Labute approximate surface area is 281 Å². The molecule has 10 aromatic rings. The first-order valence-electron chi connectivity index (χ1n) is 16.1. The van der Waals surface area contributed by atoms with Crippen molar-refractivity contribution >= 4 is 77.9 Å². The number of phenols is 4. The molecule has 10 aromatic carbocycles. The average Bonchev–Trinajstić information content (AvgIpc) is 3.14. The summed E-state index contributed by atoms with van der Waals surface area (Å²) in [5, 5.41) is 56.6. The summed E-state index contributed by atoms with van der Waals surface area (Å²) in [5.41, 5.74) is 3.97. The summed E-state index contributed by atoms with van der Waals surface area (Å²) in [6.07, 6.45) is 0. The molecule has 0 aliphatic rings. The number of aromatic hydroxyl groups is 4. The predicted molar refractivity (Wildman–Crippen MR) is 202 cm³/mol. The second-order valence-corrected chi connectivity index (χ2v) is 12.9. The Morgan fingerprint density at radius 1 is 0.347 bits per heavy atom. The molecule has 0 saturated heterocycles. The van der Waals surface area contributed by atoms with Crippen molar-refractivity contribution in [1.29, 1.82) is 0 Å². The fraction of sp³-hybridized carbons (Fsp3) is 0. The first-order valence-corrected chi connectivity index (χ1v) is 16.1. The van der Waals surface area contributed by atoms with Gasteiger partial charge in [-0.05, 0) is 116 Å². The maximum atomic E-state index is 11.2. The monoisotopic (exact) mass is 628 g/mol. The lowest BCUT2D eigenvalue weighted by Gasteiger charge is -2.19. The zero-order valence-electron chi connectivity index (χ0n) is 26.0. The van der Waals surface area contributed by atoms with Gasteiger partial charge in [0.2, 0.25) is 11.5 Å². The molecule has 0 aliphatic heterocycles. The van der Waals surface area contributed by atoms with E-state index in [1.165, 1.54) is 43.1 Å². The number of hydrogen-bond acceptors (Lipinski definition) is 4. The lowest BCUT2D eigenvalue weighted by molar-refractivity contribution is 0.348. The summed E-state index contributed by atoms with van der Waals surface area (Å²) in [7, 11) is 6.36. The second kappa shape index (κ2) is 9.78. The van der Waals surface area contributed by atoms with Gasteiger partial charge in [-0.1, -0.05) is 109 Å². The van der Waals surface area contributed by atoms with E-state index in [1.807, 2.05) is 12.1 Å². The molecular formula is C44H25BO4. The Kier molecular flexibility index (Phi) is 5.52. The van der Waals surface area contributed by atoms with E-state index in [9.17, 15) is 20.4 Å². The molecule has 0 bridgehead atoms. The first-order chi connectivity index (χ1) is 23.9. The highest BCUT2D eigenvalue weighted by atomic mass is 16.3. The van der Waals surface area contributed by atoms with Crippen molar-refractivity contribution in [3.05, 3.63) is 127 Å². The van der Waals surface area contributed by atoms with E-state index in [4.69, 9.17) is 7.85 Å². The normalized spacial score (nSPS) is 12.1. The summed E-state index contributed by atoms with van der Waals surface area (Å²) in [6.45, 7) is 0. The van der Waals surface area contributed by atoms with Gasteiger partial charge in [-0.15, -0.1) is 0 Å². The smallest absolute Gasteiger partial charge is 0.204 e. The molecule has 0 saturated carbocycles. The van der Waals surface area contributed by atoms with E-state index in [0.29, 0.717) is 5.56 Å². The van der Waals surface area contributed by atoms with E-state index in [2.05, 4.69) is 115 Å². The molecule has 49 heavy (non-hydrogen) atoms. The zero-order chi connectivity index (χ0) is 33.1. The van der Waals surface area contributed by atoms with Gasteiger partial charge >= 0.3 is 0 Å². The first kappa shape index (κ1) is 27.6. The molecule has 0 aromatic heterocycles. The van der Waals surface area contributed by atoms with Crippen LogP contribution in [0.5, 0.6) is 23.0 Å². The van der Waals surface area contributed by atoms with Crippen LogP contribution in [0.15, 0.2) is 127 Å². The van der Waals surface area contributed by atoms with Crippen molar-refractivity contribution in [1.82, 2.24) is 0 Å². The summed E-state index contributed by atoms with van der Waals surface area (Å²) < 4.78 is 0. The summed E-state index contributed by atoms with van der Waals surface area (Å²) >= 11 is 0. The lowest BCUT2D eigenvalue weighted by atomic mass is 9.82. The molecule has 4 N–H and O–H groups in total. The van der Waals surface area contributed by atoms with Crippen LogP contribution in [0, 0.1) is 0 Å². The minimum atomic E-state index is -0.867. The van der Waals surface area contributed by atoms with Crippen molar-refractivity contribution in [2.75, 3.05) is 0 Å². The van der Waals surface area contributed by atoms with Crippen molar-refractivity contribution in [3.8, 4) is 56.4 Å². The zero-order valence-corrected chi connectivity index (χ0v) is 26.0. The summed E-state index contributed by atoms with van der Waals surface area (Å²) in [5.74, 6) is -3.00. The molecule has 0 fully saturated rings. The SMILES string of the molecule is [B]c1c(O)c(O)c(O)c(O)c1-c1cc(-c2ccc3ccc4cccc5ccc2c3c45)cc(-c2ccc3ccc4cccc5ccc2c3c45)c1. The Morgan fingerprint density at radius 3 is 1.18 bits per heavy atom. The van der Waals surface area contributed by atoms with Gasteiger partial charge in [0.05, 0.1) is 0 Å². The van der Waals surface area contributed by atoms with E-state index in [0.717, 1.165) is 43.8 Å².